The normalized spacial score (nSPS) is 10.6. The number of nitrogens with one attached hydrogen (secondary N) is 1. The summed E-state index contributed by atoms with van der Waals surface area (Å²) < 4.78 is 20.4. The van der Waals surface area contributed by atoms with Gasteiger partial charge in [-0.1, -0.05) is 6.07 Å². The number of benzene rings is 2. The zero-order chi connectivity index (χ0) is 18.9. The molecule has 0 radical (unpaired) electrons. The Morgan fingerprint density at radius 3 is 2.81 bits per heavy atom. The molecule has 0 atom stereocenters. The molecular formula is C20H20FN3O2S. The van der Waals surface area contributed by atoms with Crippen LogP contribution in [0.3, 0.4) is 0 Å². The third-order valence-corrected chi connectivity index (χ3v) is 4.69. The van der Waals surface area contributed by atoms with Crippen LogP contribution in [-0.2, 0) is 11.3 Å². The summed E-state index contributed by atoms with van der Waals surface area (Å²) >= 11 is 1.52. The van der Waals surface area contributed by atoms with E-state index in [4.69, 9.17) is 4.74 Å². The van der Waals surface area contributed by atoms with Crippen molar-refractivity contribution in [3.8, 4) is 5.75 Å². The number of ether oxygens (including phenoxy) is 1. The first kappa shape index (κ1) is 19.0. The number of thioether (sulfide) groups is 1. The lowest BCUT2D eigenvalue weighted by molar-refractivity contribution is -0.115. The Labute approximate surface area is 161 Å². The van der Waals surface area contributed by atoms with Gasteiger partial charge >= 0.3 is 0 Å². The van der Waals surface area contributed by atoms with Crippen molar-refractivity contribution in [1.29, 1.82) is 0 Å². The van der Waals surface area contributed by atoms with E-state index in [2.05, 4.69) is 10.4 Å². The Morgan fingerprint density at radius 1 is 1.19 bits per heavy atom. The second-order valence-corrected chi connectivity index (χ2v) is 6.91. The Hall–Kier alpha value is -2.80. The van der Waals surface area contributed by atoms with Gasteiger partial charge in [-0.05, 0) is 42.5 Å². The smallest absolute Gasteiger partial charge is 0.225 e. The first-order valence-corrected chi connectivity index (χ1v) is 9.56. The van der Waals surface area contributed by atoms with Crippen LogP contribution in [0.1, 0.15) is 6.42 Å². The van der Waals surface area contributed by atoms with Gasteiger partial charge in [0.2, 0.25) is 5.91 Å². The van der Waals surface area contributed by atoms with Crippen LogP contribution in [0.5, 0.6) is 5.75 Å². The number of aromatic nitrogens is 2. The number of anilines is 1. The molecule has 0 aliphatic carbocycles. The molecule has 3 aromatic rings. The fourth-order valence-electron chi connectivity index (χ4n) is 2.37. The van der Waals surface area contributed by atoms with Crippen molar-refractivity contribution < 1.29 is 13.9 Å². The molecule has 1 aromatic heterocycles. The average molecular weight is 385 g/mol. The number of hydrogen-bond donors (Lipinski definition) is 1. The van der Waals surface area contributed by atoms with Crippen LogP contribution >= 0.6 is 11.8 Å². The first-order valence-electron chi connectivity index (χ1n) is 8.57. The first-order chi connectivity index (χ1) is 13.2. The predicted molar refractivity (Wildman–Crippen MR) is 105 cm³/mol. The highest BCUT2D eigenvalue weighted by atomic mass is 32.2. The van der Waals surface area contributed by atoms with Crippen LogP contribution in [0.15, 0.2) is 71.9 Å². The number of amides is 1. The average Bonchev–Trinajstić information content (AvgIpc) is 3.17. The summed E-state index contributed by atoms with van der Waals surface area (Å²) in [7, 11) is 0. The van der Waals surface area contributed by atoms with Gasteiger partial charge in [-0.25, -0.2) is 4.39 Å². The Morgan fingerprint density at radius 2 is 2.04 bits per heavy atom. The number of halogens is 1. The lowest BCUT2D eigenvalue weighted by Gasteiger charge is -2.09. The largest absolute Gasteiger partial charge is 0.492 e. The lowest BCUT2D eigenvalue weighted by atomic mass is 10.3. The third-order valence-electron chi connectivity index (χ3n) is 3.68. The maximum Gasteiger partial charge on any atom is 0.225 e. The zero-order valence-corrected chi connectivity index (χ0v) is 15.5. The van der Waals surface area contributed by atoms with Crippen molar-refractivity contribution >= 4 is 23.4 Å². The van der Waals surface area contributed by atoms with Gasteiger partial charge in [0.25, 0.3) is 0 Å². The molecule has 3 rings (SSSR count). The van der Waals surface area contributed by atoms with Crippen molar-refractivity contribution in [3.05, 3.63) is 72.8 Å². The highest BCUT2D eigenvalue weighted by Crippen LogP contribution is 2.20. The number of carbonyl (C=O) groups is 1. The SMILES string of the molecule is O=C(CCSc1ccc(F)cc1)Nc1cccc(OCCn2cccn2)c1. The molecule has 0 saturated carbocycles. The molecule has 27 heavy (non-hydrogen) atoms. The molecule has 0 bridgehead atoms. The Kier molecular flexibility index (Phi) is 6.87. The fraction of sp³-hybridized carbons (Fsp3) is 0.200. The summed E-state index contributed by atoms with van der Waals surface area (Å²) in [5.74, 6) is 0.986. The van der Waals surface area contributed by atoms with Crippen molar-refractivity contribution in [2.24, 2.45) is 0 Å². The standard InChI is InChI=1S/C20H20FN3O2S/c21-16-5-7-19(8-6-16)27-14-9-20(25)23-17-3-1-4-18(15-17)26-13-12-24-11-2-10-22-24/h1-8,10-11,15H,9,12-14H2,(H,23,25). The van der Waals surface area contributed by atoms with Gasteiger partial charge < -0.3 is 10.1 Å². The van der Waals surface area contributed by atoms with Crippen molar-refractivity contribution in [3.63, 3.8) is 0 Å². The van der Waals surface area contributed by atoms with E-state index >= 15 is 0 Å². The second-order valence-electron chi connectivity index (χ2n) is 5.75. The van der Waals surface area contributed by atoms with Gasteiger partial charge in [0.05, 0.1) is 6.54 Å². The van der Waals surface area contributed by atoms with Gasteiger partial charge in [-0.15, -0.1) is 11.8 Å². The van der Waals surface area contributed by atoms with Crippen LogP contribution in [0.25, 0.3) is 0 Å². The second kappa shape index (κ2) is 9.78. The van der Waals surface area contributed by atoms with Crippen LogP contribution in [0, 0.1) is 5.82 Å². The molecule has 5 nitrogen and oxygen atoms in total. The highest BCUT2D eigenvalue weighted by Gasteiger charge is 2.05. The molecule has 1 N–H and O–H groups in total. The van der Waals surface area contributed by atoms with E-state index in [1.807, 2.05) is 30.5 Å². The molecule has 1 heterocycles. The summed E-state index contributed by atoms with van der Waals surface area (Å²) in [6.45, 7) is 1.15. The summed E-state index contributed by atoms with van der Waals surface area (Å²) in [5.41, 5.74) is 0.698. The maximum absolute atomic E-state index is 12.9. The topological polar surface area (TPSA) is 56.1 Å². The quantitative estimate of drug-likeness (QED) is 0.560. The number of hydrogen-bond acceptors (Lipinski definition) is 4. The highest BCUT2D eigenvalue weighted by molar-refractivity contribution is 7.99. The van der Waals surface area contributed by atoms with Crippen LogP contribution in [0.2, 0.25) is 0 Å². The van der Waals surface area contributed by atoms with Crippen molar-refractivity contribution in [2.75, 3.05) is 17.7 Å². The Bertz CT molecular complexity index is 854. The number of carbonyl (C=O) groups excluding carboxylic acids is 1. The molecule has 0 saturated heterocycles. The molecule has 7 heteroatoms. The zero-order valence-electron chi connectivity index (χ0n) is 14.7. The molecular weight excluding hydrogens is 365 g/mol. The molecule has 2 aromatic carbocycles. The number of nitrogens with zero attached hydrogens (tertiary/aromatic N) is 2. The van der Waals surface area contributed by atoms with E-state index in [1.165, 1.54) is 23.9 Å². The minimum absolute atomic E-state index is 0.0710. The molecule has 0 unspecified atom stereocenters. The van der Waals surface area contributed by atoms with Crippen LogP contribution < -0.4 is 10.1 Å². The summed E-state index contributed by atoms with van der Waals surface area (Å²) in [5, 5.41) is 6.99. The van der Waals surface area contributed by atoms with Gasteiger partial charge in [0.15, 0.2) is 0 Å². The minimum atomic E-state index is -0.260. The van der Waals surface area contributed by atoms with E-state index in [1.54, 1.807) is 29.1 Å². The van der Waals surface area contributed by atoms with E-state index in [0.29, 0.717) is 36.8 Å². The van der Waals surface area contributed by atoms with Gasteiger partial charge in [0, 0.05) is 41.2 Å². The van der Waals surface area contributed by atoms with E-state index in [-0.39, 0.29) is 11.7 Å². The predicted octanol–water partition coefficient (Wildman–Crippen LogP) is 4.22. The van der Waals surface area contributed by atoms with E-state index in [9.17, 15) is 9.18 Å². The van der Waals surface area contributed by atoms with Gasteiger partial charge in [-0.2, -0.15) is 5.10 Å². The molecule has 1 amide bonds. The molecule has 0 aliphatic heterocycles. The Balaban J connectivity index is 1.41. The molecule has 140 valence electrons. The fourth-order valence-corrected chi connectivity index (χ4v) is 3.22. The monoisotopic (exact) mass is 385 g/mol. The maximum atomic E-state index is 12.9. The van der Waals surface area contributed by atoms with Crippen molar-refractivity contribution in [2.45, 2.75) is 17.9 Å². The molecule has 0 fully saturated rings. The van der Waals surface area contributed by atoms with E-state index < -0.39 is 0 Å². The summed E-state index contributed by atoms with van der Waals surface area (Å²) in [6.07, 6.45) is 3.97. The van der Waals surface area contributed by atoms with Crippen molar-refractivity contribution in [1.82, 2.24) is 9.78 Å². The number of rotatable bonds is 9. The summed E-state index contributed by atoms with van der Waals surface area (Å²) in [6, 6.07) is 15.4. The lowest BCUT2D eigenvalue weighted by Crippen LogP contribution is -2.12. The van der Waals surface area contributed by atoms with Crippen LogP contribution in [-0.4, -0.2) is 28.0 Å². The van der Waals surface area contributed by atoms with Gasteiger partial charge in [-0.3, -0.25) is 9.48 Å². The molecule has 0 spiro atoms. The van der Waals surface area contributed by atoms with E-state index in [0.717, 1.165) is 4.90 Å². The van der Waals surface area contributed by atoms with Crippen LogP contribution in [0.4, 0.5) is 10.1 Å². The molecule has 0 aliphatic rings. The minimum Gasteiger partial charge on any atom is -0.492 e. The third kappa shape index (κ3) is 6.45. The summed E-state index contributed by atoms with van der Waals surface area (Å²) in [4.78, 5) is 13.0. The van der Waals surface area contributed by atoms with Gasteiger partial charge in [0.1, 0.15) is 18.2 Å².